The maximum atomic E-state index is 13.4. The Labute approximate surface area is 118 Å². The number of nitrogens with zero attached hydrogens (tertiary/aromatic N) is 1. The Morgan fingerprint density at radius 3 is 2.53 bits per heavy atom. The molecule has 0 spiro atoms. The average Bonchev–Trinajstić information content (AvgIpc) is 2.79. The SMILES string of the molecule is O=c1[nH]nc(-c2sccc2Br)c2cc(F)c(F)cc12. The van der Waals surface area contributed by atoms with Crippen molar-refractivity contribution >= 4 is 38.0 Å². The highest BCUT2D eigenvalue weighted by molar-refractivity contribution is 9.10. The number of fused-ring (bicyclic) bond motifs is 1. The minimum Gasteiger partial charge on any atom is -0.267 e. The smallest absolute Gasteiger partial charge is 0.267 e. The molecule has 0 bridgehead atoms. The topological polar surface area (TPSA) is 45.8 Å². The van der Waals surface area contributed by atoms with Crippen LogP contribution in [0.25, 0.3) is 21.3 Å². The minimum atomic E-state index is -1.06. The molecule has 19 heavy (non-hydrogen) atoms. The average molecular weight is 343 g/mol. The maximum absolute atomic E-state index is 13.4. The molecule has 1 aromatic carbocycles. The third-order valence-corrected chi connectivity index (χ3v) is 4.51. The fraction of sp³-hybridized carbons (Fsp3) is 0. The van der Waals surface area contributed by atoms with Gasteiger partial charge in [-0.15, -0.1) is 11.3 Å². The van der Waals surface area contributed by atoms with E-state index in [4.69, 9.17) is 0 Å². The quantitative estimate of drug-likeness (QED) is 0.732. The van der Waals surface area contributed by atoms with Gasteiger partial charge in [0.25, 0.3) is 5.56 Å². The Bertz CT molecular complexity index is 843. The van der Waals surface area contributed by atoms with E-state index in [9.17, 15) is 13.6 Å². The number of benzene rings is 1. The van der Waals surface area contributed by atoms with Crippen molar-refractivity contribution in [3.05, 3.63) is 50.0 Å². The van der Waals surface area contributed by atoms with Gasteiger partial charge in [-0.1, -0.05) is 0 Å². The van der Waals surface area contributed by atoms with E-state index < -0.39 is 17.2 Å². The monoisotopic (exact) mass is 342 g/mol. The van der Waals surface area contributed by atoms with E-state index in [1.165, 1.54) is 11.3 Å². The number of H-pyrrole nitrogens is 1. The first kappa shape index (κ1) is 12.4. The number of rotatable bonds is 1. The van der Waals surface area contributed by atoms with Gasteiger partial charge in [0.2, 0.25) is 0 Å². The molecular weight excluding hydrogens is 338 g/mol. The molecule has 3 rings (SSSR count). The normalized spacial score (nSPS) is 11.1. The standard InChI is InChI=1S/C12H5BrF2N2OS/c13-7-1-2-19-11(7)10-5-3-8(14)9(15)4-6(5)12(18)17-16-10/h1-4H,(H,17,18). The highest BCUT2D eigenvalue weighted by Gasteiger charge is 2.15. The number of hydrogen-bond donors (Lipinski definition) is 1. The van der Waals surface area contributed by atoms with Crippen LogP contribution in [0.15, 0.2) is 32.8 Å². The second-order valence-corrected chi connectivity index (χ2v) is 5.58. The van der Waals surface area contributed by atoms with Crippen molar-refractivity contribution in [1.29, 1.82) is 0 Å². The zero-order chi connectivity index (χ0) is 13.6. The van der Waals surface area contributed by atoms with Crippen molar-refractivity contribution in [3.63, 3.8) is 0 Å². The highest BCUT2D eigenvalue weighted by atomic mass is 79.9. The summed E-state index contributed by atoms with van der Waals surface area (Å²) >= 11 is 4.74. The Kier molecular flexibility index (Phi) is 2.94. The van der Waals surface area contributed by atoms with E-state index in [1.54, 1.807) is 0 Å². The summed E-state index contributed by atoms with van der Waals surface area (Å²) in [5, 5.41) is 8.42. The number of aromatic nitrogens is 2. The first-order chi connectivity index (χ1) is 9.08. The summed E-state index contributed by atoms with van der Waals surface area (Å²) < 4.78 is 27.4. The molecule has 2 heterocycles. The number of thiophene rings is 1. The molecule has 96 valence electrons. The molecule has 0 aliphatic carbocycles. The van der Waals surface area contributed by atoms with Crippen LogP contribution in [-0.4, -0.2) is 10.2 Å². The summed E-state index contributed by atoms with van der Waals surface area (Å²) in [6.07, 6.45) is 0. The number of aromatic amines is 1. The zero-order valence-electron chi connectivity index (χ0n) is 9.21. The molecule has 1 N–H and O–H groups in total. The second-order valence-electron chi connectivity index (χ2n) is 3.81. The van der Waals surface area contributed by atoms with E-state index in [2.05, 4.69) is 26.1 Å². The van der Waals surface area contributed by atoms with Crippen molar-refractivity contribution in [1.82, 2.24) is 10.2 Å². The first-order valence-electron chi connectivity index (χ1n) is 5.18. The van der Waals surface area contributed by atoms with Crippen LogP contribution in [0.1, 0.15) is 0 Å². The molecule has 0 radical (unpaired) electrons. The van der Waals surface area contributed by atoms with Crippen LogP contribution in [0, 0.1) is 11.6 Å². The number of halogens is 3. The van der Waals surface area contributed by atoms with Gasteiger partial charge < -0.3 is 0 Å². The van der Waals surface area contributed by atoms with Crippen molar-refractivity contribution in [2.75, 3.05) is 0 Å². The van der Waals surface area contributed by atoms with Gasteiger partial charge in [-0.3, -0.25) is 4.79 Å². The van der Waals surface area contributed by atoms with Crippen LogP contribution in [-0.2, 0) is 0 Å². The van der Waals surface area contributed by atoms with Gasteiger partial charge in [-0.05, 0) is 39.5 Å². The third-order valence-electron chi connectivity index (χ3n) is 2.66. The Hall–Kier alpha value is -1.60. The van der Waals surface area contributed by atoms with Gasteiger partial charge in [-0.25, -0.2) is 13.9 Å². The Morgan fingerprint density at radius 2 is 1.89 bits per heavy atom. The van der Waals surface area contributed by atoms with E-state index in [1.807, 2.05) is 11.4 Å². The third kappa shape index (κ3) is 1.98. The molecule has 0 atom stereocenters. The van der Waals surface area contributed by atoms with E-state index in [0.29, 0.717) is 5.69 Å². The second kappa shape index (κ2) is 4.50. The highest BCUT2D eigenvalue weighted by Crippen LogP contribution is 2.35. The van der Waals surface area contributed by atoms with Gasteiger partial charge in [0, 0.05) is 9.86 Å². The van der Waals surface area contributed by atoms with E-state index >= 15 is 0 Å². The summed E-state index contributed by atoms with van der Waals surface area (Å²) in [4.78, 5) is 12.4. The number of nitrogens with one attached hydrogen (secondary N) is 1. The van der Waals surface area contributed by atoms with Gasteiger partial charge >= 0.3 is 0 Å². The van der Waals surface area contributed by atoms with Crippen molar-refractivity contribution < 1.29 is 8.78 Å². The molecule has 0 unspecified atom stereocenters. The van der Waals surface area contributed by atoms with Crippen LogP contribution in [0.4, 0.5) is 8.78 Å². The molecule has 0 saturated heterocycles. The predicted molar refractivity (Wildman–Crippen MR) is 73.3 cm³/mol. The van der Waals surface area contributed by atoms with Gasteiger partial charge in [0.1, 0.15) is 5.69 Å². The minimum absolute atomic E-state index is 0.0733. The molecule has 3 aromatic rings. The lowest BCUT2D eigenvalue weighted by molar-refractivity contribution is 0.511. The summed E-state index contributed by atoms with van der Waals surface area (Å²) in [7, 11) is 0. The Morgan fingerprint density at radius 1 is 1.21 bits per heavy atom. The first-order valence-corrected chi connectivity index (χ1v) is 6.86. The lowest BCUT2D eigenvalue weighted by Gasteiger charge is -2.04. The molecular formula is C12H5BrF2N2OS. The van der Waals surface area contributed by atoms with Crippen LogP contribution in [0.3, 0.4) is 0 Å². The molecule has 0 aliphatic heterocycles. The summed E-state index contributed by atoms with van der Waals surface area (Å²) in [5.41, 5.74) is -0.138. The number of hydrogen-bond acceptors (Lipinski definition) is 3. The Balaban J connectivity index is 2.45. The van der Waals surface area contributed by atoms with Gasteiger partial charge in [0.05, 0.1) is 10.3 Å². The molecule has 7 heteroatoms. The fourth-order valence-corrected chi connectivity index (χ4v) is 3.36. The molecule has 0 saturated carbocycles. The molecule has 0 fully saturated rings. The van der Waals surface area contributed by atoms with Crippen LogP contribution in [0.2, 0.25) is 0 Å². The van der Waals surface area contributed by atoms with E-state index in [-0.39, 0.29) is 10.8 Å². The molecule has 2 aromatic heterocycles. The van der Waals surface area contributed by atoms with Gasteiger partial charge in [0.15, 0.2) is 11.6 Å². The van der Waals surface area contributed by atoms with Crippen LogP contribution >= 0.6 is 27.3 Å². The van der Waals surface area contributed by atoms with Gasteiger partial charge in [-0.2, -0.15) is 5.10 Å². The summed E-state index contributed by atoms with van der Waals surface area (Å²) in [6.45, 7) is 0. The van der Waals surface area contributed by atoms with Crippen molar-refractivity contribution in [2.24, 2.45) is 0 Å². The lowest BCUT2D eigenvalue weighted by atomic mass is 10.1. The molecule has 0 amide bonds. The van der Waals surface area contributed by atoms with Crippen LogP contribution in [0.5, 0.6) is 0 Å². The fourth-order valence-electron chi connectivity index (χ4n) is 1.79. The predicted octanol–water partition coefficient (Wildman–Crippen LogP) is 3.69. The summed E-state index contributed by atoms with van der Waals surface area (Å²) in [5.74, 6) is -2.06. The lowest BCUT2D eigenvalue weighted by Crippen LogP contribution is -2.10. The summed E-state index contributed by atoms with van der Waals surface area (Å²) in [6, 6.07) is 3.70. The largest absolute Gasteiger partial charge is 0.272 e. The molecule has 0 aliphatic rings. The van der Waals surface area contributed by atoms with E-state index in [0.717, 1.165) is 21.5 Å². The van der Waals surface area contributed by atoms with Crippen molar-refractivity contribution in [2.45, 2.75) is 0 Å². The molecule has 3 nitrogen and oxygen atoms in total. The maximum Gasteiger partial charge on any atom is 0.272 e. The van der Waals surface area contributed by atoms with Crippen molar-refractivity contribution in [3.8, 4) is 10.6 Å². The van der Waals surface area contributed by atoms with Crippen LogP contribution < -0.4 is 5.56 Å². The zero-order valence-corrected chi connectivity index (χ0v) is 11.6.